The molecule has 1 atom stereocenters. The second-order valence-corrected chi connectivity index (χ2v) is 11.4. The summed E-state index contributed by atoms with van der Waals surface area (Å²) in [6.07, 6.45) is 3.94. The molecule has 2 aromatic carbocycles. The molecule has 1 saturated carbocycles. The zero-order chi connectivity index (χ0) is 26.1. The Kier molecular flexibility index (Phi) is 7.65. The maximum absolute atomic E-state index is 13.7. The molecule has 196 valence electrons. The molecule has 2 N–H and O–H groups in total. The number of amides is 1. The van der Waals surface area contributed by atoms with Crippen LogP contribution in [0.2, 0.25) is 5.02 Å². The minimum Gasteiger partial charge on any atom is -0.392 e. The lowest BCUT2D eigenvalue weighted by Gasteiger charge is -2.40. The van der Waals surface area contributed by atoms with Crippen molar-refractivity contribution in [2.45, 2.75) is 64.1 Å². The maximum Gasteiger partial charge on any atom is 0.262 e. The predicted octanol–water partition coefficient (Wildman–Crippen LogP) is 4.19. The number of benzene rings is 2. The Morgan fingerprint density at radius 1 is 1.22 bits per heavy atom. The molecule has 0 bridgehead atoms. The van der Waals surface area contributed by atoms with Crippen LogP contribution in [-0.2, 0) is 11.3 Å². The van der Waals surface area contributed by atoms with Crippen molar-refractivity contribution < 1.29 is 9.90 Å². The molecule has 2 aliphatic rings. The molecule has 3 aromatic rings. The first-order valence-electron chi connectivity index (χ1n) is 13.3. The predicted molar refractivity (Wildman–Crippen MR) is 147 cm³/mol. The Bertz CT molecular complexity index is 1350. The van der Waals surface area contributed by atoms with Crippen molar-refractivity contribution >= 4 is 28.4 Å². The number of hydrogen-bond donors (Lipinski definition) is 2. The number of piperidine rings is 1. The fourth-order valence-corrected chi connectivity index (χ4v) is 5.91. The summed E-state index contributed by atoms with van der Waals surface area (Å²) in [5, 5.41) is 13.9. The van der Waals surface area contributed by atoms with E-state index in [9.17, 15) is 14.7 Å². The number of β-amino-alcohol motifs (C(OH)–C–C–N with tert-alkyl or cyclic N) is 1. The van der Waals surface area contributed by atoms with Crippen molar-refractivity contribution in [1.29, 1.82) is 0 Å². The number of fused-ring (bicyclic) bond motifs is 1. The molecule has 1 aliphatic carbocycles. The molecule has 1 aromatic heterocycles. The first-order valence-corrected chi connectivity index (χ1v) is 13.6. The van der Waals surface area contributed by atoms with Gasteiger partial charge in [-0.05, 0) is 87.7 Å². The number of carbonyl (C=O) groups is 1. The van der Waals surface area contributed by atoms with Crippen LogP contribution < -0.4 is 10.9 Å². The summed E-state index contributed by atoms with van der Waals surface area (Å²) in [5.41, 5.74) is 2.23. The Morgan fingerprint density at radius 3 is 2.76 bits per heavy atom. The average Bonchev–Trinajstić information content (AvgIpc) is 2.82. The number of aliphatic hydroxyl groups is 1. The molecule has 2 fully saturated rings. The number of aromatic nitrogens is 2. The van der Waals surface area contributed by atoms with E-state index in [1.54, 1.807) is 12.1 Å². The van der Waals surface area contributed by atoms with Crippen molar-refractivity contribution in [1.82, 2.24) is 19.8 Å². The molecule has 37 heavy (non-hydrogen) atoms. The monoisotopic (exact) mass is 522 g/mol. The number of carbonyl (C=O) groups excluding carboxylic acids is 1. The molecule has 0 radical (unpaired) electrons. The number of rotatable bonds is 7. The second kappa shape index (κ2) is 10.9. The van der Waals surface area contributed by atoms with E-state index in [-0.39, 0.29) is 30.2 Å². The number of nitrogens with zero attached hydrogens (tertiary/aromatic N) is 3. The van der Waals surface area contributed by atoms with Gasteiger partial charge in [0.1, 0.15) is 12.4 Å². The van der Waals surface area contributed by atoms with Crippen LogP contribution in [0.4, 0.5) is 0 Å². The van der Waals surface area contributed by atoms with E-state index in [0.29, 0.717) is 39.1 Å². The number of aliphatic hydroxyl groups excluding tert-OH is 1. The lowest BCUT2D eigenvalue weighted by Crippen LogP contribution is -2.43. The van der Waals surface area contributed by atoms with E-state index in [4.69, 9.17) is 16.6 Å². The van der Waals surface area contributed by atoms with Gasteiger partial charge in [-0.25, -0.2) is 4.98 Å². The maximum atomic E-state index is 13.7. The average molecular weight is 523 g/mol. The second-order valence-electron chi connectivity index (χ2n) is 10.9. The van der Waals surface area contributed by atoms with Gasteiger partial charge in [-0.3, -0.25) is 14.2 Å². The van der Waals surface area contributed by atoms with Crippen LogP contribution in [0.5, 0.6) is 0 Å². The number of halogens is 1. The van der Waals surface area contributed by atoms with Gasteiger partial charge in [0, 0.05) is 29.7 Å². The van der Waals surface area contributed by atoms with E-state index in [0.717, 1.165) is 50.9 Å². The summed E-state index contributed by atoms with van der Waals surface area (Å²) in [5.74, 6) is 1.22. The number of likely N-dealkylation sites (tertiary alicyclic amines) is 1. The van der Waals surface area contributed by atoms with Crippen molar-refractivity contribution in [3.8, 4) is 11.4 Å². The molecule has 0 spiro atoms. The number of nitrogens with one attached hydrogen (secondary N) is 1. The van der Waals surface area contributed by atoms with Gasteiger partial charge in [0.2, 0.25) is 5.91 Å². The first-order chi connectivity index (χ1) is 17.8. The van der Waals surface area contributed by atoms with Crippen molar-refractivity contribution in [2.75, 3.05) is 19.6 Å². The van der Waals surface area contributed by atoms with E-state index < -0.39 is 0 Å². The van der Waals surface area contributed by atoms with Gasteiger partial charge >= 0.3 is 0 Å². The molecule has 1 saturated heterocycles. The minimum absolute atomic E-state index is 0.0300. The molecule has 5 rings (SSSR count). The van der Waals surface area contributed by atoms with Gasteiger partial charge < -0.3 is 15.3 Å². The molecule has 7 nitrogen and oxygen atoms in total. The van der Waals surface area contributed by atoms with Gasteiger partial charge in [-0.15, -0.1) is 0 Å². The number of hydrogen-bond acceptors (Lipinski definition) is 5. The van der Waals surface area contributed by atoms with Crippen molar-refractivity contribution in [2.24, 2.45) is 5.92 Å². The van der Waals surface area contributed by atoms with Crippen LogP contribution in [0.1, 0.15) is 51.0 Å². The smallest absolute Gasteiger partial charge is 0.262 e. The summed E-state index contributed by atoms with van der Waals surface area (Å²) in [7, 11) is 0. The summed E-state index contributed by atoms with van der Waals surface area (Å²) in [4.78, 5) is 33.6. The van der Waals surface area contributed by atoms with Gasteiger partial charge in [0.25, 0.3) is 5.56 Å². The van der Waals surface area contributed by atoms with Gasteiger partial charge in [-0.1, -0.05) is 29.8 Å². The lowest BCUT2D eigenvalue weighted by molar-refractivity contribution is -0.122. The van der Waals surface area contributed by atoms with Crippen LogP contribution in [0.15, 0.2) is 47.3 Å². The van der Waals surface area contributed by atoms with Crippen molar-refractivity contribution in [3.05, 3.63) is 63.4 Å². The van der Waals surface area contributed by atoms with Gasteiger partial charge in [-0.2, -0.15) is 0 Å². The molecule has 0 unspecified atom stereocenters. The van der Waals surface area contributed by atoms with Crippen LogP contribution in [0.25, 0.3) is 22.3 Å². The van der Waals surface area contributed by atoms with E-state index in [1.807, 2.05) is 38.1 Å². The van der Waals surface area contributed by atoms with Crippen molar-refractivity contribution in [3.63, 3.8) is 0 Å². The first kappa shape index (κ1) is 25.9. The van der Waals surface area contributed by atoms with Gasteiger partial charge in [0.05, 0.1) is 17.0 Å². The molecular formula is C29H35ClN4O3. The molecule has 2 heterocycles. The van der Waals surface area contributed by atoms with E-state index >= 15 is 0 Å². The highest BCUT2D eigenvalue weighted by molar-refractivity contribution is 6.30. The topological polar surface area (TPSA) is 87.5 Å². The lowest BCUT2D eigenvalue weighted by atomic mass is 9.71. The Labute approximate surface area is 222 Å². The highest BCUT2D eigenvalue weighted by Crippen LogP contribution is 2.42. The molecule has 1 amide bonds. The third kappa shape index (κ3) is 5.89. The Balaban J connectivity index is 1.42. The fourth-order valence-electron chi connectivity index (χ4n) is 5.72. The third-order valence-electron chi connectivity index (χ3n) is 7.52. The third-order valence-corrected chi connectivity index (χ3v) is 7.75. The summed E-state index contributed by atoms with van der Waals surface area (Å²) < 4.78 is 1.46. The Hall–Kier alpha value is -2.74. The van der Waals surface area contributed by atoms with E-state index in [1.165, 1.54) is 4.57 Å². The highest BCUT2D eigenvalue weighted by Gasteiger charge is 2.33. The fraction of sp³-hybridized carbons (Fsp3) is 0.483. The zero-order valence-electron chi connectivity index (χ0n) is 21.5. The quantitative estimate of drug-likeness (QED) is 0.486. The standard InChI is InChI=1S/C29H35ClN4O3/c1-18(2)31-27(36)17-34-28(21-5-3-6-23(30)13-21)32-26-9-8-20(14-25(26)29(34)37)22-11-19(12-22)15-33-10-4-7-24(35)16-33/h3,5-6,8-9,13-14,18-19,22,24,35H,4,7,10-12,15-17H2,1-2H3,(H,31,36)/t19?,22?,24-/m0/s1. The highest BCUT2D eigenvalue weighted by atomic mass is 35.5. The molecular weight excluding hydrogens is 488 g/mol. The van der Waals surface area contributed by atoms with Crippen LogP contribution in [0.3, 0.4) is 0 Å². The SMILES string of the molecule is CC(C)NC(=O)Cn1c(-c2cccc(Cl)c2)nc2ccc(C3CC(CN4CCC[C@H](O)C4)C3)cc2c1=O. The minimum atomic E-state index is -0.234. The van der Waals surface area contributed by atoms with Crippen LogP contribution in [-0.4, -0.2) is 57.2 Å². The largest absolute Gasteiger partial charge is 0.392 e. The summed E-state index contributed by atoms with van der Waals surface area (Å²) in [6, 6.07) is 13.1. The van der Waals surface area contributed by atoms with E-state index in [2.05, 4.69) is 16.3 Å². The summed E-state index contributed by atoms with van der Waals surface area (Å²) in [6.45, 7) is 6.55. The molecule has 8 heteroatoms. The zero-order valence-corrected chi connectivity index (χ0v) is 22.2. The molecule has 1 aliphatic heterocycles. The normalized spacial score (nSPS) is 22.2. The van der Waals surface area contributed by atoms with Crippen LogP contribution >= 0.6 is 11.6 Å². The Morgan fingerprint density at radius 2 is 2.03 bits per heavy atom. The van der Waals surface area contributed by atoms with Gasteiger partial charge in [0.15, 0.2) is 0 Å². The van der Waals surface area contributed by atoms with Crippen LogP contribution in [0, 0.1) is 5.92 Å². The summed E-state index contributed by atoms with van der Waals surface area (Å²) >= 11 is 6.23.